The third-order valence-corrected chi connectivity index (χ3v) is 8.16. The number of nitrogens with zero attached hydrogens (tertiary/aromatic N) is 2. The molecule has 2 aromatic rings. The molecule has 2 aliphatic carbocycles. The third kappa shape index (κ3) is 4.61. The van der Waals surface area contributed by atoms with Crippen molar-refractivity contribution < 1.29 is 40.5 Å². The molecule has 4 rings (SSSR count). The van der Waals surface area contributed by atoms with E-state index in [0.717, 1.165) is 54.0 Å². The molecule has 198 valence electrons. The molecule has 0 aromatic heterocycles. The van der Waals surface area contributed by atoms with Crippen LogP contribution in [0.4, 0.5) is 36.8 Å². The minimum absolute atomic E-state index is 0.163. The smallest absolute Gasteiger partial charge is 0.369 e. The Morgan fingerprint density at radius 3 is 2.05 bits per heavy atom. The second kappa shape index (κ2) is 9.21. The Bertz CT molecular complexity index is 1380. The summed E-state index contributed by atoms with van der Waals surface area (Å²) in [5.74, 6) is 0. The van der Waals surface area contributed by atoms with Gasteiger partial charge in [-0.1, -0.05) is 18.2 Å². The number of urea groups is 1. The van der Waals surface area contributed by atoms with E-state index >= 15 is 0 Å². The summed E-state index contributed by atoms with van der Waals surface area (Å²) >= 11 is 0. The number of alkyl halides is 6. The van der Waals surface area contributed by atoms with Crippen LogP contribution in [-0.4, -0.2) is 27.7 Å². The fourth-order valence-electron chi connectivity index (χ4n) is 4.80. The molecule has 0 saturated heterocycles. The summed E-state index contributed by atoms with van der Waals surface area (Å²) < 4.78 is 98.5. The molecule has 0 aliphatic heterocycles. The van der Waals surface area contributed by atoms with Crippen LogP contribution in [0.1, 0.15) is 40.7 Å². The molecule has 0 spiro atoms. The average Bonchev–Trinajstić information content (AvgIpc) is 3.46. The highest BCUT2D eigenvalue weighted by Gasteiger charge is 2.71. The van der Waals surface area contributed by atoms with Crippen molar-refractivity contribution in [3.05, 3.63) is 69.7 Å². The van der Waals surface area contributed by atoms with E-state index in [-0.39, 0.29) is 6.07 Å². The van der Waals surface area contributed by atoms with Crippen molar-refractivity contribution in [1.82, 2.24) is 4.72 Å². The van der Waals surface area contributed by atoms with Gasteiger partial charge in [0.05, 0.1) is 4.90 Å². The van der Waals surface area contributed by atoms with Gasteiger partial charge in [0.25, 0.3) is 5.60 Å². The van der Waals surface area contributed by atoms with Crippen LogP contribution in [0.5, 0.6) is 0 Å². The zero-order chi connectivity index (χ0) is 27.2. The molecular weight excluding hydrogens is 526 g/mol. The topological polar surface area (TPSA) is 95.2 Å². The molecule has 0 fully saturated rings. The van der Waals surface area contributed by atoms with E-state index in [0.29, 0.717) is 30.7 Å². The number of amides is 2. The van der Waals surface area contributed by atoms with E-state index in [1.165, 1.54) is 0 Å². The molecule has 0 saturated carbocycles. The van der Waals surface area contributed by atoms with Crippen LogP contribution in [-0.2, 0) is 41.2 Å². The predicted octanol–water partition coefficient (Wildman–Crippen LogP) is 5.37. The number of carbonyl (C=O) groups excluding carboxylic acids is 1. The first kappa shape index (κ1) is 26.7. The minimum Gasteiger partial charge on any atom is -0.369 e. The van der Waals surface area contributed by atoms with Gasteiger partial charge in [0.2, 0.25) is 9.92 Å². The van der Waals surface area contributed by atoms with Crippen LogP contribution in [0.3, 0.4) is 0 Å². The van der Waals surface area contributed by atoms with Gasteiger partial charge >= 0.3 is 18.4 Å². The lowest BCUT2D eigenvalue weighted by Crippen LogP contribution is -2.54. The van der Waals surface area contributed by atoms with Gasteiger partial charge in [-0.2, -0.15) is 32.9 Å². The summed E-state index contributed by atoms with van der Waals surface area (Å²) in [6, 6.07) is 3.03. The molecular formula is C23H20F6N4O3S. The highest BCUT2D eigenvalue weighted by Crippen LogP contribution is 2.50. The number of aryl methyl sites for hydroxylation is 2. The predicted molar refractivity (Wildman–Crippen MR) is 121 cm³/mol. The average molecular weight is 546 g/mol. The quantitative estimate of drug-likeness (QED) is 0.273. The van der Waals surface area contributed by atoms with Crippen LogP contribution < -0.4 is 10.0 Å². The number of rotatable bonds is 4. The van der Waals surface area contributed by atoms with Gasteiger partial charge in [-0.3, -0.25) is 0 Å². The van der Waals surface area contributed by atoms with Gasteiger partial charge in [-0.15, -0.1) is 4.95 Å². The Morgan fingerprint density at radius 1 is 0.973 bits per heavy atom. The highest BCUT2D eigenvalue weighted by atomic mass is 32.2. The van der Waals surface area contributed by atoms with Crippen LogP contribution >= 0.6 is 0 Å². The molecule has 37 heavy (non-hydrogen) atoms. The molecule has 0 bridgehead atoms. The van der Waals surface area contributed by atoms with Crippen LogP contribution in [0.2, 0.25) is 0 Å². The molecule has 0 heterocycles. The van der Waals surface area contributed by atoms with Gasteiger partial charge in [-0.25, -0.2) is 13.7 Å². The number of halogens is 6. The summed E-state index contributed by atoms with van der Waals surface area (Å²) in [5.41, 5.74) is -2.51. The van der Waals surface area contributed by atoms with Crippen molar-refractivity contribution in [3.8, 4) is 0 Å². The lowest BCUT2D eigenvalue weighted by atomic mass is 9.92. The van der Waals surface area contributed by atoms with Gasteiger partial charge in [0.1, 0.15) is 0 Å². The van der Waals surface area contributed by atoms with Gasteiger partial charge in [0.15, 0.2) is 4.47 Å². The van der Waals surface area contributed by atoms with Crippen molar-refractivity contribution in [3.63, 3.8) is 0 Å². The monoisotopic (exact) mass is 546 g/mol. The fourth-order valence-corrected chi connectivity index (χ4v) is 6.02. The largest absolute Gasteiger partial charge is 0.430 e. The molecule has 2 amide bonds. The number of aliphatic hydroxyl groups is 1. The maximum atomic E-state index is 13.4. The molecule has 3 N–H and O–H groups in total. The molecule has 1 unspecified atom stereocenters. The van der Waals surface area contributed by atoms with Crippen molar-refractivity contribution in [1.29, 1.82) is 0 Å². The third-order valence-electron chi connectivity index (χ3n) is 6.49. The van der Waals surface area contributed by atoms with Crippen LogP contribution in [0.25, 0.3) is 4.95 Å². The van der Waals surface area contributed by atoms with Crippen LogP contribution in [0.15, 0.2) is 39.7 Å². The van der Waals surface area contributed by atoms with Crippen molar-refractivity contribution in [2.24, 2.45) is 4.47 Å². The molecule has 1 atom stereocenters. The van der Waals surface area contributed by atoms with Gasteiger partial charge in [0, 0.05) is 11.3 Å². The zero-order valence-corrected chi connectivity index (χ0v) is 19.8. The summed E-state index contributed by atoms with van der Waals surface area (Å²) in [7, 11) is -4.38. The van der Waals surface area contributed by atoms with E-state index in [2.05, 4.69) is 20.8 Å². The second-order valence-electron chi connectivity index (χ2n) is 8.73. The number of nitrogens with one attached hydrogen (secondary N) is 2. The zero-order valence-electron chi connectivity index (χ0n) is 19.0. The highest BCUT2D eigenvalue weighted by molar-refractivity contribution is 7.92. The molecule has 2 aliphatic rings. The van der Waals surface area contributed by atoms with Crippen molar-refractivity contribution in [2.75, 3.05) is 5.32 Å². The first-order chi connectivity index (χ1) is 17.2. The maximum absolute atomic E-state index is 13.4. The van der Waals surface area contributed by atoms with E-state index < -0.39 is 44.4 Å². The normalized spacial score (nSPS) is 16.8. The Balaban J connectivity index is 1.71. The van der Waals surface area contributed by atoms with Gasteiger partial charge < -0.3 is 10.4 Å². The number of hydrogen-bond acceptors (Lipinski definition) is 4. The number of anilines is 1. The Labute approximate surface area is 208 Å². The van der Waals surface area contributed by atoms with Gasteiger partial charge in [-0.05, 0) is 72.9 Å². The summed E-state index contributed by atoms with van der Waals surface area (Å²) in [6.45, 7) is 6.95. The Hall–Kier alpha value is -3.31. The first-order valence-electron chi connectivity index (χ1n) is 11.1. The number of hydrogen-bond donors (Lipinski definition) is 3. The fraction of sp³-hybridized carbons (Fsp3) is 0.391. The second-order valence-corrected chi connectivity index (χ2v) is 10.6. The number of fused-ring (bicyclic) bond motifs is 2. The summed E-state index contributed by atoms with van der Waals surface area (Å²) in [4.78, 5) is 14.7. The summed E-state index contributed by atoms with van der Waals surface area (Å²) in [6.07, 6.45) is -7.61. The Morgan fingerprint density at radius 2 is 1.54 bits per heavy atom. The maximum Gasteiger partial charge on any atom is 0.430 e. The van der Waals surface area contributed by atoms with E-state index in [9.17, 15) is 40.5 Å². The SMILES string of the molecule is [C-]#[N+]N=S(=O)(NC(=O)Nc1c2c(cc3c1CCC3)CCC2)c1cccc(C(O)(C(F)(F)F)C(F)(F)F)c1. The number of benzene rings is 2. The van der Waals surface area contributed by atoms with Crippen molar-refractivity contribution >= 4 is 21.6 Å². The molecule has 14 heteroatoms. The molecule has 7 nitrogen and oxygen atoms in total. The lowest BCUT2D eigenvalue weighted by molar-refractivity contribution is -0.376. The van der Waals surface area contributed by atoms with E-state index in [1.807, 2.05) is 4.72 Å². The molecule has 2 aromatic carbocycles. The molecule has 0 radical (unpaired) electrons. The van der Waals surface area contributed by atoms with E-state index in [4.69, 9.17) is 6.57 Å². The van der Waals surface area contributed by atoms with E-state index in [1.54, 1.807) is 0 Å². The minimum atomic E-state index is -6.18. The standard InChI is InChI=1S/C23H20F6N4O3S/c1-30-33-37(36,16-8-4-7-15(12-16)21(35,22(24,25)26)23(27,28)29)32-20(34)31-19-17-9-2-5-13(17)11-14-6-3-10-18(14)19/h4,7-8,11-12,35H,2-3,5-6,9-10H2,(H2,31,32,33,34,36). The lowest BCUT2D eigenvalue weighted by Gasteiger charge is -2.32. The summed E-state index contributed by atoms with van der Waals surface area (Å²) in [5, 5.41) is 12.3. The van der Waals surface area contributed by atoms with Crippen molar-refractivity contribution in [2.45, 2.75) is 61.4 Å². The number of carbonyl (C=O) groups is 1. The Kier molecular flexibility index (Phi) is 6.66. The van der Waals surface area contributed by atoms with Crippen LogP contribution in [0, 0.1) is 6.57 Å². The first-order valence-corrected chi connectivity index (χ1v) is 12.6.